The standard InChI is InChI=1S/C15H24FNO2/c1-15(2,3)14(8-9-18)17-10-13(19)11-4-6-12(16)7-5-11/h4-7,13-14,17-19H,8-10H2,1-3H3. The molecule has 0 spiro atoms. The summed E-state index contributed by atoms with van der Waals surface area (Å²) in [7, 11) is 0. The number of halogens is 1. The Balaban J connectivity index is 2.56. The van der Waals surface area contributed by atoms with E-state index in [-0.39, 0.29) is 23.9 Å². The Labute approximate surface area is 114 Å². The molecule has 1 rings (SSSR count). The molecule has 0 amide bonds. The molecule has 2 atom stereocenters. The fourth-order valence-electron chi connectivity index (χ4n) is 2.03. The summed E-state index contributed by atoms with van der Waals surface area (Å²) in [6.45, 7) is 6.76. The molecule has 0 aliphatic rings. The van der Waals surface area contributed by atoms with Crippen LogP contribution in [0, 0.1) is 11.2 Å². The predicted octanol–water partition coefficient (Wildman–Crippen LogP) is 2.25. The third-order valence-electron chi connectivity index (χ3n) is 3.28. The zero-order valence-electron chi connectivity index (χ0n) is 11.9. The van der Waals surface area contributed by atoms with E-state index in [0.29, 0.717) is 18.5 Å². The lowest BCUT2D eigenvalue weighted by Crippen LogP contribution is -2.42. The molecule has 0 saturated carbocycles. The van der Waals surface area contributed by atoms with Crippen LogP contribution in [-0.4, -0.2) is 29.4 Å². The highest BCUT2D eigenvalue weighted by Crippen LogP contribution is 2.22. The summed E-state index contributed by atoms with van der Waals surface area (Å²) in [5.41, 5.74) is 0.691. The van der Waals surface area contributed by atoms with Crippen molar-refractivity contribution in [1.29, 1.82) is 0 Å². The smallest absolute Gasteiger partial charge is 0.123 e. The highest BCUT2D eigenvalue weighted by Gasteiger charge is 2.24. The summed E-state index contributed by atoms with van der Waals surface area (Å²) < 4.78 is 12.8. The molecule has 0 saturated heterocycles. The second-order valence-electron chi connectivity index (χ2n) is 5.91. The first-order valence-corrected chi connectivity index (χ1v) is 6.62. The van der Waals surface area contributed by atoms with Gasteiger partial charge >= 0.3 is 0 Å². The van der Waals surface area contributed by atoms with E-state index in [1.165, 1.54) is 12.1 Å². The van der Waals surface area contributed by atoms with Crippen LogP contribution in [0.3, 0.4) is 0 Å². The minimum absolute atomic E-state index is 0.00520. The number of aliphatic hydroxyl groups excluding tert-OH is 2. The Bertz CT molecular complexity index is 373. The summed E-state index contributed by atoms with van der Waals surface area (Å²) in [5.74, 6) is -0.309. The minimum atomic E-state index is -0.677. The highest BCUT2D eigenvalue weighted by atomic mass is 19.1. The molecule has 0 heterocycles. The lowest BCUT2D eigenvalue weighted by molar-refractivity contribution is 0.142. The maximum Gasteiger partial charge on any atom is 0.123 e. The third kappa shape index (κ3) is 5.27. The van der Waals surface area contributed by atoms with Crippen LogP contribution in [0.15, 0.2) is 24.3 Å². The molecule has 108 valence electrons. The molecule has 1 aromatic carbocycles. The average Bonchev–Trinajstić information content (AvgIpc) is 2.33. The van der Waals surface area contributed by atoms with Gasteiger partial charge in [0.2, 0.25) is 0 Å². The summed E-state index contributed by atoms with van der Waals surface area (Å²) >= 11 is 0. The molecule has 0 aliphatic carbocycles. The first-order chi connectivity index (χ1) is 8.84. The van der Waals surface area contributed by atoms with Crippen LogP contribution in [0.2, 0.25) is 0 Å². The van der Waals surface area contributed by atoms with Gasteiger partial charge < -0.3 is 15.5 Å². The molecular weight excluding hydrogens is 245 g/mol. The zero-order valence-corrected chi connectivity index (χ0v) is 11.9. The zero-order chi connectivity index (χ0) is 14.5. The molecule has 0 aliphatic heterocycles. The topological polar surface area (TPSA) is 52.5 Å². The number of hydrogen-bond acceptors (Lipinski definition) is 3. The SMILES string of the molecule is CC(C)(C)C(CCO)NCC(O)c1ccc(F)cc1. The number of hydrogen-bond donors (Lipinski definition) is 3. The Kier molecular flexibility index (Phi) is 5.91. The van der Waals surface area contributed by atoms with Gasteiger partial charge in [-0.3, -0.25) is 0 Å². The molecule has 2 unspecified atom stereocenters. The summed E-state index contributed by atoms with van der Waals surface area (Å²) in [6, 6.07) is 5.97. The molecule has 0 radical (unpaired) electrons. The molecule has 3 N–H and O–H groups in total. The van der Waals surface area contributed by atoms with Gasteiger partial charge in [0.15, 0.2) is 0 Å². The summed E-state index contributed by atoms with van der Waals surface area (Å²) in [4.78, 5) is 0. The van der Waals surface area contributed by atoms with Crippen LogP contribution in [0.5, 0.6) is 0 Å². The van der Waals surface area contributed by atoms with E-state index in [1.807, 2.05) is 0 Å². The first kappa shape index (κ1) is 16.1. The molecular formula is C15H24FNO2. The second-order valence-corrected chi connectivity index (χ2v) is 5.91. The first-order valence-electron chi connectivity index (χ1n) is 6.62. The van der Waals surface area contributed by atoms with Crippen LogP contribution in [0.1, 0.15) is 38.9 Å². The van der Waals surface area contributed by atoms with Crippen LogP contribution >= 0.6 is 0 Å². The van der Waals surface area contributed by atoms with Gasteiger partial charge in [-0.25, -0.2) is 4.39 Å². The molecule has 0 bridgehead atoms. The Morgan fingerprint density at radius 1 is 1.21 bits per heavy atom. The van der Waals surface area contributed by atoms with Crippen LogP contribution in [0.25, 0.3) is 0 Å². The van der Waals surface area contributed by atoms with E-state index >= 15 is 0 Å². The molecule has 0 aromatic heterocycles. The molecule has 4 heteroatoms. The fraction of sp³-hybridized carbons (Fsp3) is 0.600. The maximum atomic E-state index is 12.8. The predicted molar refractivity (Wildman–Crippen MR) is 74.3 cm³/mol. The van der Waals surface area contributed by atoms with E-state index in [4.69, 9.17) is 5.11 Å². The molecule has 1 aromatic rings. The molecule has 19 heavy (non-hydrogen) atoms. The summed E-state index contributed by atoms with van der Waals surface area (Å²) in [5, 5.41) is 22.4. The van der Waals surface area contributed by atoms with Gasteiger partial charge in [0, 0.05) is 19.2 Å². The van der Waals surface area contributed by atoms with Crippen LogP contribution < -0.4 is 5.32 Å². The van der Waals surface area contributed by atoms with Gasteiger partial charge in [0.1, 0.15) is 5.82 Å². The molecule has 0 fully saturated rings. The van der Waals surface area contributed by atoms with Gasteiger partial charge in [-0.2, -0.15) is 0 Å². The van der Waals surface area contributed by atoms with Crippen molar-refractivity contribution in [3.8, 4) is 0 Å². The van der Waals surface area contributed by atoms with Crippen molar-refractivity contribution < 1.29 is 14.6 Å². The monoisotopic (exact) mass is 269 g/mol. The normalized spacial score (nSPS) is 15.3. The van der Waals surface area contributed by atoms with Crippen molar-refractivity contribution >= 4 is 0 Å². The van der Waals surface area contributed by atoms with Gasteiger partial charge in [0.05, 0.1) is 6.10 Å². The second kappa shape index (κ2) is 6.98. The minimum Gasteiger partial charge on any atom is -0.396 e. The van der Waals surface area contributed by atoms with Crippen LogP contribution in [-0.2, 0) is 0 Å². The van der Waals surface area contributed by atoms with Crippen molar-refractivity contribution in [2.45, 2.75) is 39.3 Å². The van der Waals surface area contributed by atoms with Crippen molar-refractivity contribution in [2.24, 2.45) is 5.41 Å². The quantitative estimate of drug-likeness (QED) is 0.742. The third-order valence-corrected chi connectivity index (χ3v) is 3.28. The highest BCUT2D eigenvalue weighted by molar-refractivity contribution is 5.18. The fourth-order valence-corrected chi connectivity index (χ4v) is 2.03. The largest absolute Gasteiger partial charge is 0.396 e. The number of benzene rings is 1. The number of aliphatic hydroxyl groups is 2. The summed E-state index contributed by atoms with van der Waals surface area (Å²) in [6.07, 6.45) is -0.0382. The van der Waals surface area contributed by atoms with Crippen molar-refractivity contribution in [3.63, 3.8) is 0 Å². The van der Waals surface area contributed by atoms with Gasteiger partial charge in [0.25, 0.3) is 0 Å². The Morgan fingerprint density at radius 2 is 1.79 bits per heavy atom. The Morgan fingerprint density at radius 3 is 2.26 bits per heavy atom. The van der Waals surface area contributed by atoms with E-state index in [9.17, 15) is 9.50 Å². The van der Waals surface area contributed by atoms with E-state index in [0.717, 1.165) is 0 Å². The van der Waals surface area contributed by atoms with Gasteiger partial charge in [-0.05, 0) is 29.5 Å². The lowest BCUT2D eigenvalue weighted by atomic mass is 9.85. The van der Waals surface area contributed by atoms with Crippen molar-refractivity contribution in [1.82, 2.24) is 5.32 Å². The van der Waals surface area contributed by atoms with E-state index < -0.39 is 6.10 Å². The van der Waals surface area contributed by atoms with E-state index in [1.54, 1.807) is 12.1 Å². The van der Waals surface area contributed by atoms with Gasteiger partial charge in [-0.1, -0.05) is 32.9 Å². The Hall–Kier alpha value is -0.970. The molecule has 3 nitrogen and oxygen atoms in total. The van der Waals surface area contributed by atoms with Crippen molar-refractivity contribution in [3.05, 3.63) is 35.6 Å². The van der Waals surface area contributed by atoms with Gasteiger partial charge in [-0.15, -0.1) is 0 Å². The van der Waals surface area contributed by atoms with Crippen molar-refractivity contribution in [2.75, 3.05) is 13.2 Å². The number of nitrogens with one attached hydrogen (secondary N) is 1. The lowest BCUT2D eigenvalue weighted by Gasteiger charge is -2.32. The van der Waals surface area contributed by atoms with E-state index in [2.05, 4.69) is 26.1 Å². The average molecular weight is 269 g/mol. The maximum absolute atomic E-state index is 12.8. The number of rotatable bonds is 6. The van der Waals surface area contributed by atoms with Crippen LogP contribution in [0.4, 0.5) is 4.39 Å².